The molecule has 1 aliphatic rings. The third-order valence-corrected chi connectivity index (χ3v) is 3.97. The molecule has 0 amide bonds. The highest BCUT2D eigenvalue weighted by Gasteiger charge is 2.27. The van der Waals surface area contributed by atoms with Crippen LogP contribution in [0.15, 0.2) is 22.7 Å². The van der Waals surface area contributed by atoms with Crippen LogP contribution in [0.5, 0.6) is 0 Å². The van der Waals surface area contributed by atoms with Crippen molar-refractivity contribution >= 4 is 21.6 Å². The number of hydrogen-bond donors (Lipinski definition) is 2. The van der Waals surface area contributed by atoms with Crippen molar-refractivity contribution in [3.05, 3.63) is 28.2 Å². The molecule has 1 unspecified atom stereocenters. The van der Waals surface area contributed by atoms with E-state index in [0.29, 0.717) is 0 Å². The van der Waals surface area contributed by atoms with Crippen molar-refractivity contribution < 1.29 is 0 Å². The minimum Gasteiger partial charge on any atom is -0.398 e. The van der Waals surface area contributed by atoms with Crippen LogP contribution in [0.1, 0.15) is 25.3 Å². The molecule has 0 heterocycles. The van der Waals surface area contributed by atoms with E-state index in [1.165, 1.54) is 18.4 Å². The van der Waals surface area contributed by atoms with Gasteiger partial charge in [0.05, 0.1) is 0 Å². The normalized spacial score (nSPS) is 17.4. The molecular weight excluding hydrogens is 264 g/mol. The van der Waals surface area contributed by atoms with Gasteiger partial charge in [-0.1, -0.05) is 13.0 Å². The lowest BCUT2D eigenvalue weighted by molar-refractivity contribution is 0.461. The molecule has 1 saturated carbocycles. The zero-order chi connectivity index (χ0) is 11.5. The number of nitrogens with two attached hydrogens (primary N) is 1. The van der Waals surface area contributed by atoms with Crippen LogP contribution in [-0.4, -0.2) is 6.54 Å². The zero-order valence-electron chi connectivity index (χ0n) is 9.67. The Hall–Kier alpha value is -0.540. The summed E-state index contributed by atoms with van der Waals surface area (Å²) in [6, 6.07) is 6.12. The Kier molecular flexibility index (Phi) is 3.87. The predicted octanol–water partition coefficient (Wildman–Crippen LogP) is 3.17. The fourth-order valence-corrected chi connectivity index (χ4v) is 2.38. The van der Waals surface area contributed by atoms with Gasteiger partial charge in [0.15, 0.2) is 0 Å². The molecule has 1 aromatic rings. The van der Waals surface area contributed by atoms with E-state index in [-0.39, 0.29) is 0 Å². The second-order valence-electron chi connectivity index (χ2n) is 4.80. The Morgan fingerprint density at radius 2 is 2.25 bits per heavy atom. The molecule has 1 aromatic carbocycles. The van der Waals surface area contributed by atoms with E-state index in [4.69, 9.17) is 5.73 Å². The number of hydrogen-bond acceptors (Lipinski definition) is 2. The maximum Gasteiger partial charge on any atom is 0.0458 e. The summed E-state index contributed by atoms with van der Waals surface area (Å²) in [7, 11) is 0. The average Bonchev–Trinajstić information content (AvgIpc) is 3.07. The molecular formula is C13H19BrN2. The molecule has 1 atom stereocenters. The van der Waals surface area contributed by atoms with Crippen molar-refractivity contribution in [2.75, 3.05) is 12.3 Å². The van der Waals surface area contributed by atoms with E-state index in [1.54, 1.807) is 0 Å². The number of nitrogens with one attached hydrogen (secondary N) is 1. The number of benzene rings is 1. The van der Waals surface area contributed by atoms with Gasteiger partial charge in [0.2, 0.25) is 0 Å². The molecule has 3 heteroatoms. The predicted molar refractivity (Wildman–Crippen MR) is 72.1 cm³/mol. The first-order chi connectivity index (χ1) is 7.66. The number of nitrogen functional groups attached to an aromatic ring is 1. The van der Waals surface area contributed by atoms with Crippen molar-refractivity contribution in [1.29, 1.82) is 0 Å². The summed E-state index contributed by atoms with van der Waals surface area (Å²) < 4.78 is 0.988. The largest absolute Gasteiger partial charge is 0.398 e. The van der Waals surface area contributed by atoms with E-state index in [1.807, 2.05) is 6.07 Å². The molecule has 3 N–H and O–H groups in total. The third-order valence-electron chi connectivity index (χ3n) is 3.29. The summed E-state index contributed by atoms with van der Waals surface area (Å²) in [5, 5.41) is 3.51. The van der Waals surface area contributed by atoms with Crippen LogP contribution in [0.2, 0.25) is 0 Å². The van der Waals surface area contributed by atoms with Gasteiger partial charge in [0, 0.05) is 16.7 Å². The molecule has 0 spiro atoms. The van der Waals surface area contributed by atoms with Crippen LogP contribution in [0, 0.1) is 11.8 Å². The third kappa shape index (κ3) is 3.22. The SMILES string of the molecule is CC(CNCc1ccc(N)c(Br)c1)C1CC1. The minimum absolute atomic E-state index is 0.801. The fraction of sp³-hybridized carbons (Fsp3) is 0.538. The first kappa shape index (κ1) is 11.9. The molecule has 2 rings (SSSR count). The van der Waals surface area contributed by atoms with Crippen LogP contribution in [0.25, 0.3) is 0 Å². The second kappa shape index (κ2) is 5.19. The Morgan fingerprint density at radius 1 is 1.50 bits per heavy atom. The van der Waals surface area contributed by atoms with Crippen molar-refractivity contribution in [3.8, 4) is 0 Å². The standard InChI is InChI=1S/C13H19BrN2/c1-9(11-3-4-11)7-16-8-10-2-5-13(15)12(14)6-10/h2,5-6,9,11,16H,3-4,7-8,15H2,1H3. The molecule has 2 nitrogen and oxygen atoms in total. The van der Waals surface area contributed by atoms with Crippen molar-refractivity contribution in [2.45, 2.75) is 26.3 Å². The summed E-state index contributed by atoms with van der Waals surface area (Å²) in [6.45, 7) is 4.38. The highest BCUT2D eigenvalue weighted by atomic mass is 79.9. The van der Waals surface area contributed by atoms with Gasteiger partial charge in [0.1, 0.15) is 0 Å². The average molecular weight is 283 g/mol. The minimum atomic E-state index is 0.801. The molecule has 0 aliphatic heterocycles. The molecule has 0 saturated heterocycles. The number of halogens is 1. The zero-order valence-corrected chi connectivity index (χ0v) is 11.3. The van der Waals surface area contributed by atoms with Crippen LogP contribution in [0.4, 0.5) is 5.69 Å². The van der Waals surface area contributed by atoms with Gasteiger partial charge in [0.25, 0.3) is 0 Å². The van der Waals surface area contributed by atoms with E-state index < -0.39 is 0 Å². The molecule has 88 valence electrons. The van der Waals surface area contributed by atoms with Gasteiger partial charge >= 0.3 is 0 Å². The van der Waals surface area contributed by atoms with Crippen molar-refractivity contribution in [1.82, 2.24) is 5.32 Å². The Morgan fingerprint density at radius 3 is 2.88 bits per heavy atom. The van der Waals surface area contributed by atoms with Gasteiger partial charge < -0.3 is 11.1 Å². The van der Waals surface area contributed by atoms with Crippen molar-refractivity contribution in [3.63, 3.8) is 0 Å². The molecule has 0 bridgehead atoms. The highest BCUT2D eigenvalue weighted by molar-refractivity contribution is 9.10. The van der Waals surface area contributed by atoms with Gasteiger partial charge in [-0.15, -0.1) is 0 Å². The molecule has 0 radical (unpaired) electrons. The Bertz CT molecular complexity index is 361. The number of rotatable bonds is 5. The van der Waals surface area contributed by atoms with Crippen LogP contribution in [-0.2, 0) is 6.54 Å². The van der Waals surface area contributed by atoms with E-state index in [2.05, 4.69) is 40.3 Å². The van der Waals surface area contributed by atoms with Crippen molar-refractivity contribution in [2.24, 2.45) is 11.8 Å². The van der Waals surface area contributed by atoms with E-state index in [0.717, 1.165) is 35.1 Å². The molecule has 1 fully saturated rings. The molecule has 1 aliphatic carbocycles. The first-order valence-electron chi connectivity index (χ1n) is 5.91. The van der Waals surface area contributed by atoms with Crippen LogP contribution in [0.3, 0.4) is 0 Å². The number of anilines is 1. The summed E-state index contributed by atoms with van der Waals surface area (Å²) in [5.41, 5.74) is 7.83. The lowest BCUT2D eigenvalue weighted by Gasteiger charge is -2.11. The van der Waals surface area contributed by atoms with E-state index in [9.17, 15) is 0 Å². The maximum atomic E-state index is 5.75. The maximum absolute atomic E-state index is 5.75. The summed E-state index contributed by atoms with van der Waals surface area (Å²) in [5.74, 6) is 1.79. The topological polar surface area (TPSA) is 38.0 Å². The lowest BCUT2D eigenvalue weighted by Crippen LogP contribution is -2.21. The molecule has 0 aromatic heterocycles. The second-order valence-corrected chi connectivity index (χ2v) is 5.66. The van der Waals surface area contributed by atoms with Gasteiger partial charge in [-0.3, -0.25) is 0 Å². The summed E-state index contributed by atoms with van der Waals surface area (Å²) in [4.78, 5) is 0. The van der Waals surface area contributed by atoms with Crippen LogP contribution < -0.4 is 11.1 Å². The van der Waals surface area contributed by atoms with Gasteiger partial charge in [-0.2, -0.15) is 0 Å². The first-order valence-corrected chi connectivity index (χ1v) is 6.70. The fourth-order valence-electron chi connectivity index (χ4n) is 1.96. The van der Waals surface area contributed by atoms with Gasteiger partial charge in [-0.05, 0) is 64.8 Å². The molecule has 16 heavy (non-hydrogen) atoms. The summed E-state index contributed by atoms with van der Waals surface area (Å²) in [6.07, 6.45) is 2.85. The smallest absolute Gasteiger partial charge is 0.0458 e. The lowest BCUT2D eigenvalue weighted by atomic mass is 10.1. The van der Waals surface area contributed by atoms with Crippen LogP contribution >= 0.6 is 15.9 Å². The Labute approximate surface area is 106 Å². The monoisotopic (exact) mass is 282 g/mol. The summed E-state index contributed by atoms with van der Waals surface area (Å²) >= 11 is 3.45. The van der Waals surface area contributed by atoms with E-state index >= 15 is 0 Å². The van der Waals surface area contributed by atoms with Gasteiger partial charge in [-0.25, -0.2) is 0 Å². The highest BCUT2D eigenvalue weighted by Crippen LogP contribution is 2.36. The quantitative estimate of drug-likeness (QED) is 0.815. The Balaban J connectivity index is 1.78.